The predicted molar refractivity (Wildman–Crippen MR) is 117 cm³/mol. The molecule has 4 nitrogen and oxygen atoms in total. The molecule has 144 valence electrons. The maximum atomic E-state index is 13.5. The van der Waals surface area contributed by atoms with Crippen molar-refractivity contribution in [2.45, 2.75) is 13.3 Å². The second-order valence-corrected chi connectivity index (χ2v) is 6.95. The van der Waals surface area contributed by atoms with Gasteiger partial charge in [0.1, 0.15) is 5.70 Å². The standard InChI is InChI=1S/C25H22N2O2/c1-3-18-14-16-21(17-15-18)27-24(28)22(19-10-6-4-7-11-19)23(25(27)29)26(2)20-12-8-5-9-13-20/h4-17H,3H2,1-2H3. The molecule has 4 rings (SSSR count). The highest BCUT2D eigenvalue weighted by atomic mass is 16.2. The molecular weight excluding hydrogens is 360 g/mol. The Kier molecular flexibility index (Phi) is 5.00. The number of carbonyl (C=O) groups excluding carboxylic acids is 2. The quantitative estimate of drug-likeness (QED) is 0.602. The van der Waals surface area contributed by atoms with Crippen LogP contribution >= 0.6 is 0 Å². The van der Waals surface area contributed by atoms with E-state index in [4.69, 9.17) is 0 Å². The van der Waals surface area contributed by atoms with Gasteiger partial charge in [-0.2, -0.15) is 0 Å². The smallest absolute Gasteiger partial charge is 0.282 e. The van der Waals surface area contributed by atoms with Crippen LogP contribution in [0.25, 0.3) is 5.57 Å². The van der Waals surface area contributed by atoms with E-state index in [0.717, 1.165) is 23.2 Å². The van der Waals surface area contributed by atoms with Gasteiger partial charge in [0, 0.05) is 12.7 Å². The zero-order valence-electron chi connectivity index (χ0n) is 16.5. The molecule has 0 atom stereocenters. The molecule has 0 fully saturated rings. The van der Waals surface area contributed by atoms with E-state index in [9.17, 15) is 9.59 Å². The van der Waals surface area contributed by atoms with Gasteiger partial charge in [-0.25, -0.2) is 4.90 Å². The van der Waals surface area contributed by atoms with E-state index in [1.54, 1.807) is 4.90 Å². The molecule has 29 heavy (non-hydrogen) atoms. The number of rotatable bonds is 5. The Morgan fingerprint density at radius 3 is 1.93 bits per heavy atom. The van der Waals surface area contributed by atoms with Gasteiger partial charge in [0.15, 0.2) is 0 Å². The molecule has 4 heteroatoms. The normalized spacial score (nSPS) is 13.9. The Bertz CT molecular complexity index is 1070. The van der Waals surface area contributed by atoms with E-state index in [1.165, 1.54) is 4.90 Å². The maximum Gasteiger partial charge on any atom is 0.282 e. The molecule has 3 aromatic rings. The molecule has 3 aromatic carbocycles. The third kappa shape index (κ3) is 3.34. The molecular formula is C25H22N2O2. The number of para-hydroxylation sites is 1. The summed E-state index contributed by atoms with van der Waals surface area (Å²) < 4.78 is 0. The molecule has 0 aliphatic carbocycles. The van der Waals surface area contributed by atoms with Crippen LogP contribution in [0.2, 0.25) is 0 Å². The number of imide groups is 1. The van der Waals surface area contributed by atoms with Crippen molar-refractivity contribution < 1.29 is 9.59 Å². The number of benzene rings is 3. The van der Waals surface area contributed by atoms with Crippen LogP contribution in [0.3, 0.4) is 0 Å². The van der Waals surface area contributed by atoms with Crippen molar-refractivity contribution in [2.24, 2.45) is 0 Å². The SMILES string of the molecule is CCc1ccc(N2C(=O)C(c3ccccc3)=C(N(C)c3ccccc3)C2=O)cc1. The summed E-state index contributed by atoms with van der Waals surface area (Å²) >= 11 is 0. The fourth-order valence-corrected chi connectivity index (χ4v) is 3.59. The summed E-state index contributed by atoms with van der Waals surface area (Å²) in [5.41, 5.74) is 4.12. The molecule has 0 radical (unpaired) electrons. The Hall–Kier alpha value is -3.66. The van der Waals surface area contributed by atoms with E-state index in [0.29, 0.717) is 17.0 Å². The Labute approximate surface area is 170 Å². The number of nitrogens with zero attached hydrogens (tertiary/aromatic N) is 2. The Balaban J connectivity index is 1.84. The zero-order chi connectivity index (χ0) is 20.4. The van der Waals surface area contributed by atoms with Crippen molar-refractivity contribution in [3.63, 3.8) is 0 Å². The van der Waals surface area contributed by atoms with Gasteiger partial charge in [0.05, 0.1) is 11.3 Å². The number of anilines is 2. The summed E-state index contributed by atoms with van der Waals surface area (Å²) in [5.74, 6) is -0.618. The van der Waals surface area contributed by atoms with E-state index in [-0.39, 0.29) is 11.8 Å². The zero-order valence-corrected chi connectivity index (χ0v) is 16.5. The minimum Gasteiger partial charge on any atom is -0.339 e. The number of aryl methyl sites for hydroxylation is 1. The van der Waals surface area contributed by atoms with Crippen LogP contribution in [-0.2, 0) is 16.0 Å². The van der Waals surface area contributed by atoms with Gasteiger partial charge < -0.3 is 4.90 Å². The van der Waals surface area contributed by atoms with Gasteiger partial charge in [0.25, 0.3) is 11.8 Å². The minimum absolute atomic E-state index is 0.303. The third-order valence-corrected chi connectivity index (χ3v) is 5.20. The van der Waals surface area contributed by atoms with Crippen molar-refractivity contribution in [1.29, 1.82) is 0 Å². The first kappa shape index (κ1) is 18.7. The molecule has 0 N–H and O–H groups in total. The van der Waals surface area contributed by atoms with Gasteiger partial charge >= 0.3 is 0 Å². The van der Waals surface area contributed by atoms with Crippen LogP contribution in [0.4, 0.5) is 11.4 Å². The second-order valence-electron chi connectivity index (χ2n) is 6.95. The molecule has 1 heterocycles. The van der Waals surface area contributed by atoms with Gasteiger partial charge in [-0.1, -0.05) is 67.6 Å². The molecule has 2 amide bonds. The maximum absolute atomic E-state index is 13.5. The van der Waals surface area contributed by atoms with Crippen LogP contribution < -0.4 is 9.80 Å². The van der Waals surface area contributed by atoms with E-state index >= 15 is 0 Å². The topological polar surface area (TPSA) is 40.6 Å². The molecule has 0 saturated carbocycles. The first-order valence-corrected chi connectivity index (χ1v) is 9.68. The molecule has 0 spiro atoms. The van der Waals surface area contributed by atoms with Crippen LogP contribution in [0, 0.1) is 0 Å². The molecule has 1 aliphatic rings. The lowest BCUT2D eigenvalue weighted by molar-refractivity contribution is -0.120. The minimum atomic E-state index is -0.315. The number of likely N-dealkylation sites (N-methyl/N-ethyl adjacent to an activating group) is 1. The average molecular weight is 382 g/mol. The van der Waals surface area contributed by atoms with Crippen molar-refractivity contribution in [2.75, 3.05) is 16.8 Å². The second kappa shape index (κ2) is 7.76. The lowest BCUT2D eigenvalue weighted by Gasteiger charge is -2.21. The lowest BCUT2D eigenvalue weighted by atomic mass is 10.0. The largest absolute Gasteiger partial charge is 0.339 e. The first-order valence-electron chi connectivity index (χ1n) is 9.68. The van der Waals surface area contributed by atoms with Crippen LogP contribution in [0.15, 0.2) is 90.6 Å². The molecule has 0 unspecified atom stereocenters. The molecule has 0 saturated heterocycles. The Morgan fingerprint density at radius 1 is 0.759 bits per heavy atom. The van der Waals surface area contributed by atoms with Crippen LogP contribution in [0.5, 0.6) is 0 Å². The highest BCUT2D eigenvalue weighted by Gasteiger charge is 2.42. The number of carbonyl (C=O) groups is 2. The summed E-state index contributed by atoms with van der Waals surface area (Å²) in [6, 6.07) is 26.6. The summed E-state index contributed by atoms with van der Waals surface area (Å²) in [5, 5.41) is 0. The fourth-order valence-electron chi connectivity index (χ4n) is 3.59. The highest BCUT2D eigenvalue weighted by molar-refractivity contribution is 6.46. The van der Waals surface area contributed by atoms with Crippen LogP contribution in [-0.4, -0.2) is 18.9 Å². The Morgan fingerprint density at radius 2 is 1.34 bits per heavy atom. The fraction of sp³-hybridized carbons (Fsp3) is 0.120. The summed E-state index contributed by atoms with van der Waals surface area (Å²) in [4.78, 5) is 30.0. The van der Waals surface area contributed by atoms with E-state index in [1.807, 2.05) is 92.0 Å². The molecule has 0 bridgehead atoms. The van der Waals surface area contributed by atoms with E-state index in [2.05, 4.69) is 6.92 Å². The van der Waals surface area contributed by atoms with E-state index < -0.39 is 0 Å². The summed E-state index contributed by atoms with van der Waals surface area (Å²) in [6.45, 7) is 2.07. The monoisotopic (exact) mass is 382 g/mol. The van der Waals surface area contributed by atoms with Crippen molar-refractivity contribution in [1.82, 2.24) is 0 Å². The number of hydrogen-bond donors (Lipinski definition) is 0. The first-order chi connectivity index (χ1) is 14.1. The average Bonchev–Trinajstić information content (AvgIpc) is 3.04. The number of amides is 2. The number of hydrogen-bond acceptors (Lipinski definition) is 3. The third-order valence-electron chi connectivity index (χ3n) is 5.20. The van der Waals surface area contributed by atoms with Gasteiger partial charge in [-0.05, 0) is 41.8 Å². The van der Waals surface area contributed by atoms with Crippen LogP contribution in [0.1, 0.15) is 18.1 Å². The van der Waals surface area contributed by atoms with Crippen molar-refractivity contribution in [3.8, 4) is 0 Å². The molecule has 1 aliphatic heterocycles. The summed E-state index contributed by atoms with van der Waals surface area (Å²) in [6.07, 6.45) is 0.900. The van der Waals surface area contributed by atoms with Gasteiger partial charge in [-0.15, -0.1) is 0 Å². The highest BCUT2D eigenvalue weighted by Crippen LogP contribution is 2.36. The van der Waals surface area contributed by atoms with Crippen molar-refractivity contribution >= 4 is 28.8 Å². The van der Waals surface area contributed by atoms with Gasteiger partial charge in [0.2, 0.25) is 0 Å². The molecule has 0 aromatic heterocycles. The van der Waals surface area contributed by atoms with Gasteiger partial charge in [-0.3, -0.25) is 9.59 Å². The predicted octanol–water partition coefficient (Wildman–Crippen LogP) is 4.67. The van der Waals surface area contributed by atoms with Crippen molar-refractivity contribution in [3.05, 3.63) is 102 Å². The summed E-state index contributed by atoms with van der Waals surface area (Å²) in [7, 11) is 1.82. The lowest BCUT2D eigenvalue weighted by Crippen LogP contribution is -2.34.